The summed E-state index contributed by atoms with van der Waals surface area (Å²) in [4.78, 5) is 11.0. The van der Waals surface area contributed by atoms with Gasteiger partial charge < -0.3 is 15.3 Å². The van der Waals surface area contributed by atoms with Gasteiger partial charge in [0.25, 0.3) is 5.22 Å². The molecular formula is C10H8FN3O3S. The van der Waals surface area contributed by atoms with Gasteiger partial charge in [-0.15, -0.1) is 10.2 Å². The average Bonchev–Trinajstić information content (AvgIpc) is 2.68. The SMILES string of the molecule is Cc1nnc(Sc2cc(F)c(C(=O)O)cc2N)o1. The Morgan fingerprint density at radius 1 is 1.50 bits per heavy atom. The van der Waals surface area contributed by atoms with Crippen molar-refractivity contribution in [1.29, 1.82) is 0 Å². The number of hydrogen-bond donors (Lipinski definition) is 2. The first-order valence-corrected chi connectivity index (χ1v) is 5.59. The minimum Gasteiger partial charge on any atom is -0.478 e. The minimum absolute atomic E-state index is 0.134. The van der Waals surface area contributed by atoms with Crippen LogP contribution in [0.15, 0.2) is 26.7 Å². The van der Waals surface area contributed by atoms with Crippen LogP contribution in [0.3, 0.4) is 0 Å². The quantitative estimate of drug-likeness (QED) is 0.821. The summed E-state index contributed by atoms with van der Waals surface area (Å²) in [5.74, 6) is -1.86. The summed E-state index contributed by atoms with van der Waals surface area (Å²) in [6.45, 7) is 1.62. The lowest BCUT2D eigenvalue weighted by atomic mass is 10.2. The van der Waals surface area contributed by atoms with E-state index < -0.39 is 17.3 Å². The third kappa shape index (κ3) is 2.43. The summed E-state index contributed by atoms with van der Waals surface area (Å²) >= 11 is 0.971. The van der Waals surface area contributed by atoms with Crippen molar-refractivity contribution in [3.05, 3.63) is 29.4 Å². The van der Waals surface area contributed by atoms with E-state index in [0.29, 0.717) is 10.8 Å². The third-order valence-corrected chi connectivity index (χ3v) is 2.95. The highest BCUT2D eigenvalue weighted by Gasteiger charge is 2.16. The maximum atomic E-state index is 13.5. The van der Waals surface area contributed by atoms with Crippen molar-refractivity contribution in [2.45, 2.75) is 17.0 Å². The Hall–Kier alpha value is -2.09. The first kappa shape index (κ1) is 12.4. The second kappa shape index (κ2) is 4.65. The minimum atomic E-state index is -1.37. The van der Waals surface area contributed by atoms with Gasteiger partial charge in [-0.2, -0.15) is 0 Å². The van der Waals surface area contributed by atoms with Gasteiger partial charge in [-0.3, -0.25) is 0 Å². The summed E-state index contributed by atoms with van der Waals surface area (Å²) in [6, 6.07) is 2.09. The normalized spacial score (nSPS) is 10.6. The van der Waals surface area contributed by atoms with E-state index >= 15 is 0 Å². The third-order valence-electron chi connectivity index (χ3n) is 2.03. The highest BCUT2D eigenvalue weighted by Crippen LogP contribution is 2.32. The molecule has 0 aliphatic carbocycles. The maximum absolute atomic E-state index is 13.5. The van der Waals surface area contributed by atoms with Crippen LogP contribution in [0.5, 0.6) is 0 Å². The number of aryl methyl sites for hydroxylation is 1. The number of nitrogens with zero attached hydrogens (tertiary/aromatic N) is 2. The predicted molar refractivity (Wildman–Crippen MR) is 60.9 cm³/mol. The molecule has 0 spiro atoms. The van der Waals surface area contributed by atoms with Gasteiger partial charge in [0.1, 0.15) is 5.82 Å². The van der Waals surface area contributed by atoms with E-state index in [4.69, 9.17) is 15.3 Å². The zero-order chi connectivity index (χ0) is 13.3. The Balaban J connectivity index is 2.35. The van der Waals surface area contributed by atoms with Crippen molar-refractivity contribution < 1.29 is 18.7 Å². The van der Waals surface area contributed by atoms with Gasteiger partial charge >= 0.3 is 5.97 Å². The van der Waals surface area contributed by atoms with Crippen LogP contribution in [0, 0.1) is 12.7 Å². The first-order chi connectivity index (χ1) is 8.47. The van der Waals surface area contributed by atoms with Crippen LogP contribution in [0.25, 0.3) is 0 Å². The fourth-order valence-corrected chi connectivity index (χ4v) is 2.01. The summed E-state index contributed by atoms with van der Waals surface area (Å²) < 4.78 is 18.6. The van der Waals surface area contributed by atoms with Crippen molar-refractivity contribution in [2.75, 3.05) is 5.73 Å². The predicted octanol–water partition coefficient (Wildman–Crippen LogP) is 1.95. The van der Waals surface area contributed by atoms with E-state index in [2.05, 4.69) is 10.2 Å². The molecule has 8 heteroatoms. The molecule has 0 saturated heterocycles. The van der Waals surface area contributed by atoms with Gasteiger partial charge in [-0.05, 0) is 23.9 Å². The molecule has 3 N–H and O–H groups in total. The van der Waals surface area contributed by atoms with E-state index in [9.17, 15) is 9.18 Å². The van der Waals surface area contributed by atoms with Crippen LogP contribution in [0.2, 0.25) is 0 Å². The number of anilines is 1. The molecule has 0 aliphatic rings. The Kier molecular flexibility index (Phi) is 3.19. The Labute approximate surface area is 105 Å². The molecule has 0 atom stereocenters. The highest BCUT2D eigenvalue weighted by atomic mass is 32.2. The number of hydrogen-bond acceptors (Lipinski definition) is 6. The molecule has 0 aliphatic heterocycles. The monoisotopic (exact) mass is 269 g/mol. The van der Waals surface area contributed by atoms with Gasteiger partial charge in [-0.1, -0.05) is 0 Å². The number of benzene rings is 1. The molecular weight excluding hydrogens is 261 g/mol. The molecule has 1 aromatic carbocycles. The van der Waals surface area contributed by atoms with Crippen molar-refractivity contribution in [1.82, 2.24) is 10.2 Å². The number of halogens is 1. The smallest absolute Gasteiger partial charge is 0.338 e. The van der Waals surface area contributed by atoms with Crippen LogP contribution in [0.4, 0.5) is 10.1 Å². The summed E-state index contributed by atoms with van der Waals surface area (Å²) in [6.07, 6.45) is 0. The van der Waals surface area contributed by atoms with Crippen molar-refractivity contribution >= 4 is 23.4 Å². The summed E-state index contributed by atoms with van der Waals surface area (Å²) in [5, 5.41) is 16.3. The summed E-state index contributed by atoms with van der Waals surface area (Å²) in [7, 11) is 0. The molecule has 2 rings (SSSR count). The number of nitrogen functional groups attached to an aromatic ring is 1. The lowest BCUT2D eigenvalue weighted by Gasteiger charge is -2.05. The van der Waals surface area contributed by atoms with Crippen molar-refractivity contribution in [3.8, 4) is 0 Å². The van der Waals surface area contributed by atoms with Gasteiger partial charge in [0.05, 0.1) is 5.56 Å². The van der Waals surface area contributed by atoms with E-state index in [0.717, 1.165) is 23.9 Å². The zero-order valence-corrected chi connectivity index (χ0v) is 9.99. The highest BCUT2D eigenvalue weighted by molar-refractivity contribution is 7.99. The number of aromatic nitrogens is 2. The number of rotatable bonds is 3. The molecule has 18 heavy (non-hydrogen) atoms. The molecule has 94 valence electrons. The average molecular weight is 269 g/mol. The Morgan fingerprint density at radius 2 is 2.22 bits per heavy atom. The number of carbonyl (C=O) groups is 1. The first-order valence-electron chi connectivity index (χ1n) is 4.77. The Bertz CT molecular complexity index is 614. The van der Waals surface area contributed by atoms with Gasteiger partial charge in [-0.25, -0.2) is 9.18 Å². The van der Waals surface area contributed by atoms with Gasteiger partial charge in [0, 0.05) is 17.5 Å². The molecule has 0 fully saturated rings. The largest absolute Gasteiger partial charge is 0.478 e. The van der Waals surface area contributed by atoms with Crippen LogP contribution in [-0.4, -0.2) is 21.3 Å². The lowest BCUT2D eigenvalue weighted by molar-refractivity contribution is 0.0692. The number of aromatic carboxylic acids is 1. The molecule has 1 heterocycles. The molecule has 2 aromatic rings. The van der Waals surface area contributed by atoms with Crippen molar-refractivity contribution in [2.24, 2.45) is 0 Å². The van der Waals surface area contributed by atoms with E-state index in [1.165, 1.54) is 0 Å². The van der Waals surface area contributed by atoms with Crippen LogP contribution < -0.4 is 5.73 Å². The molecule has 1 aromatic heterocycles. The van der Waals surface area contributed by atoms with Gasteiger partial charge in [0.15, 0.2) is 0 Å². The number of nitrogens with two attached hydrogens (primary N) is 1. The van der Waals surface area contributed by atoms with Crippen LogP contribution in [0.1, 0.15) is 16.2 Å². The number of carboxylic acids is 1. The van der Waals surface area contributed by atoms with Crippen LogP contribution in [-0.2, 0) is 0 Å². The standard InChI is InChI=1S/C10H8FN3O3S/c1-4-13-14-10(17-4)18-8-3-6(11)5(9(15)16)2-7(8)12/h2-3H,12H2,1H3,(H,15,16). The second-order valence-electron chi connectivity index (χ2n) is 3.36. The number of carboxylic acid groups (broad SMARTS) is 1. The molecule has 0 radical (unpaired) electrons. The zero-order valence-electron chi connectivity index (χ0n) is 9.18. The molecule has 0 unspecified atom stereocenters. The molecule has 0 bridgehead atoms. The molecule has 6 nitrogen and oxygen atoms in total. The van der Waals surface area contributed by atoms with Crippen LogP contribution >= 0.6 is 11.8 Å². The molecule has 0 saturated carbocycles. The van der Waals surface area contributed by atoms with Gasteiger partial charge in [0.2, 0.25) is 5.89 Å². The second-order valence-corrected chi connectivity index (χ2v) is 4.36. The van der Waals surface area contributed by atoms with Crippen molar-refractivity contribution in [3.63, 3.8) is 0 Å². The summed E-state index contributed by atoms with van der Waals surface area (Å²) in [5.41, 5.74) is 5.30. The van der Waals surface area contributed by atoms with E-state index in [1.807, 2.05) is 0 Å². The Morgan fingerprint density at radius 3 is 2.78 bits per heavy atom. The lowest BCUT2D eigenvalue weighted by Crippen LogP contribution is -2.03. The van der Waals surface area contributed by atoms with E-state index in [-0.39, 0.29) is 10.9 Å². The fraction of sp³-hybridized carbons (Fsp3) is 0.100. The topological polar surface area (TPSA) is 102 Å². The fourth-order valence-electron chi connectivity index (χ4n) is 1.24. The maximum Gasteiger partial charge on any atom is 0.338 e. The van der Waals surface area contributed by atoms with E-state index in [1.54, 1.807) is 6.92 Å². The molecule has 0 amide bonds.